The van der Waals surface area contributed by atoms with E-state index in [1.165, 1.54) is 54.0 Å². The monoisotopic (exact) mass is 295 g/mol. The van der Waals surface area contributed by atoms with Crippen LogP contribution in [0.4, 0.5) is 0 Å². The van der Waals surface area contributed by atoms with Crippen molar-refractivity contribution >= 4 is 10.8 Å². The highest BCUT2D eigenvalue weighted by molar-refractivity contribution is 5.91. The average molecular weight is 295 g/mol. The van der Waals surface area contributed by atoms with Gasteiger partial charge in [0, 0.05) is 12.1 Å². The Hall–Kier alpha value is -1.54. The van der Waals surface area contributed by atoms with Crippen molar-refractivity contribution in [2.24, 2.45) is 0 Å². The van der Waals surface area contributed by atoms with Crippen LogP contribution in [0.15, 0.2) is 30.3 Å². The van der Waals surface area contributed by atoms with Crippen molar-refractivity contribution in [3.8, 4) is 5.75 Å². The van der Waals surface area contributed by atoms with Gasteiger partial charge in [0.15, 0.2) is 0 Å². The number of hydrogen-bond acceptors (Lipinski definition) is 2. The molecule has 0 spiro atoms. The fraction of sp³-hybridized carbons (Fsp3) is 0.500. The first-order chi connectivity index (χ1) is 10.8. The van der Waals surface area contributed by atoms with E-state index in [4.69, 9.17) is 4.74 Å². The third-order valence-electron chi connectivity index (χ3n) is 5.36. The molecule has 2 heteroatoms. The molecule has 0 heterocycles. The third-order valence-corrected chi connectivity index (χ3v) is 5.36. The minimum Gasteiger partial charge on any atom is -0.497 e. The van der Waals surface area contributed by atoms with E-state index in [1.54, 1.807) is 7.11 Å². The first-order valence-electron chi connectivity index (χ1n) is 8.68. The van der Waals surface area contributed by atoms with E-state index in [0.717, 1.165) is 24.6 Å². The fourth-order valence-corrected chi connectivity index (χ4v) is 4.34. The molecule has 2 aromatic carbocycles. The van der Waals surface area contributed by atoms with E-state index in [1.807, 2.05) is 0 Å². The van der Waals surface area contributed by atoms with E-state index < -0.39 is 0 Å². The van der Waals surface area contributed by atoms with Crippen LogP contribution >= 0.6 is 0 Å². The Kier molecular flexibility index (Phi) is 3.79. The lowest BCUT2D eigenvalue weighted by Crippen LogP contribution is -2.43. The van der Waals surface area contributed by atoms with Crippen molar-refractivity contribution < 1.29 is 4.74 Å². The van der Waals surface area contributed by atoms with Crippen LogP contribution in [0.2, 0.25) is 0 Å². The van der Waals surface area contributed by atoms with Crippen LogP contribution in [-0.2, 0) is 12.8 Å². The number of nitrogens with one attached hydrogen (secondary N) is 1. The molecule has 1 fully saturated rings. The summed E-state index contributed by atoms with van der Waals surface area (Å²) < 4.78 is 5.49. The molecular formula is C20H25NO. The van der Waals surface area contributed by atoms with Gasteiger partial charge >= 0.3 is 0 Å². The first-order valence-corrected chi connectivity index (χ1v) is 8.68. The summed E-state index contributed by atoms with van der Waals surface area (Å²) >= 11 is 0. The zero-order valence-corrected chi connectivity index (χ0v) is 13.4. The Morgan fingerprint density at radius 3 is 2.59 bits per heavy atom. The summed E-state index contributed by atoms with van der Waals surface area (Å²) in [5, 5.41) is 6.72. The molecule has 2 aliphatic carbocycles. The molecule has 1 unspecified atom stereocenters. The Balaban J connectivity index is 1.63. The zero-order chi connectivity index (χ0) is 14.9. The highest BCUT2D eigenvalue weighted by Gasteiger charge is 2.24. The van der Waals surface area contributed by atoms with Gasteiger partial charge in [0.2, 0.25) is 0 Å². The number of benzene rings is 2. The van der Waals surface area contributed by atoms with Crippen molar-refractivity contribution in [3.05, 3.63) is 41.5 Å². The number of hydrogen-bond donors (Lipinski definition) is 1. The molecule has 0 saturated heterocycles. The van der Waals surface area contributed by atoms with Gasteiger partial charge < -0.3 is 10.1 Å². The summed E-state index contributed by atoms with van der Waals surface area (Å²) in [6, 6.07) is 12.4. The second-order valence-corrected chi connectivity index (χ2v) is 6.91. The lowest BCUT2D eigenvalue weighted by molar-refractivity contribution is 0.331. The second-order valence-electron chi connectivity index (χ2n) is 6.91. The SMILES string of the molecule is COc1cc2c3c(cccc3c1)CC(NC1CCCCC1)C2. The summed E-state index contributed by atoms with van der Waals surface area (Å²) in [5.74, 6) is 0.984. The van der Waals surface area contributed by atoms with E-state index in [0.29, 0.717) is 6.04 Å². The van der Waals surface area contributed by atoms with Crippen LogP contribution in [0.5, 0.6) is 5.75 Å². The summed E-state index contributed by atoms with van der Waals surface area (Å²) in [5.41, 5.74) is 2.94. The molecule has 1 saturated carbocycles. The van der Waals surface area contributed by atoms with Crippen molar-refractivity contribution in [1.29, 1.82) is 0 Å². The molecule has 0 bridgehead atoms. The fourth-order valence-electron chi connectivity index (χ4n) is 4.34. The number of methoxy groups -OCH3 is 1. The molecule has 22 heavy (non-hydrogen) atoms. The predicted molar refractivity (Wildman–Crippen MR) is 91.7 cm³/mol. The van der Waals surface area contributed by atoms with Crippen LogP contribution in [-0.4, -0.2) is 19.2 Å². The molecule has 2 nitrogen and oxygen atoms in total. The smallest absolute Gasteiger partial charge is 0.119 e. The second kappa shape index (κ2) is 5.92. The van der Waals surface area contributed by atoms with Crippen LogP contribution < -0.4 is 10.1 Å². The zero-order valence-electron chi connectivity index (χ0n) is 13.4. The van der Waals surface area contributed by atoms with Gasteiger partial charge in [-0.3, -0.25) is 0 Å². The molecule has 2 aromatic rings. The topological polar surface area (TPSA) is 21.3 Å². The summed E-state index contributed by atoms with van der Waals surface area (Å²) in [7, 11) is 1.76. The Bertz CT molecular complexity index is 673. The minimum absolute atomic E-state index is 0.577. The van der Waals surface area contributed by atoms with Gasteiger partial charge in [-0.25, -0.2) is 0 Å². The molecule has 0 amide bonds. The molecule has 4 rings (SSSR count). The molecule has 0 radical (unpaired) electrons. The van der Waals surface area contributed by atoms with Crippen LogP contribution in [0.1, 0.15) is 43.2 Å². The van der Waals surface area contributed by atoms with E-state index >= 15 is 0 Å². The maximum absolute atomic E-state index is 5.49. The lowest BCUT2D eigenvalue weighted by Gasteiger charge is -2.32. The Labute approximate surface area is 132 Å². The molecule has 1 atom stereocenters. The minimum atomic E-state index is 0.577. The number of ether oxygens (including phenoxy) is 1. The Morgan fingerprint density at radius 2 is 1.77 bits per heavy atom. The van der Waals surface area contributed by atoms with E-state index in [9.17, 15) is 0 Å². The molecule has 0 aliphatic heterocycles. The summed E-state index contributed by atoms with van der Waals surface area (Å²) in [6.45, 7) is 0. The third kappa shape index (κ3) is 2.61. The highest BCUT2D eigenvalue weighted by atomic mass is 16.5. The first kappa shape index (κ1) is 14.1. The number of rotatable bonds is 3. The molecule has 0 aromatic heterocycles. The van der Waals surface area contributed by atoms with Crippen LogP contribution in [0.3, 0.4) is 0 Å². The average Bonchev–Trinajstić information content (AvgIpc) is 2.55. The van der Waals surface area contributed by atoms with Crippen molar-refractivity contribution in [2.45, 2.75) is 57.0 Å². The molecular weight excluding hydrogens is 270 g/mol. The van der Waals surface area contributed by atoms with Gasteiger partial charge in [0.25, 0.3) is 0 Å². The van der Waals surface area contributed by atoms with E-state index in [2.05, 4.69) is 35.6 Å². The predicted octanol–water partition coefficient (Wildman–Crippen LogP) is 4.24. The molecule has 1 N–H and O–H groups in total. The van der Waals surface area contributed by atoms with Crippen molar-refractivity contribution in [1.82, 2.24) is 5.32 Å². The maximum Gasteiger partial charge on any atom is 0.119 e. The quantitative estimate of drug-likeness (QED) is 0.914. The molecule has 2 aliphatic rings. The van der Waals surface area contributed by atoms with Crippen LogP contribution in [0.25, 0.3) is 10.8 Å². The standard InChI is InChI=1S/C20H25NO/c1-22-19-12-15-7-5-6-14-10-18(11-16(13-19)20(14)15)21-17-8-3-2-4-9-17/h5-7,12-13,17-18,21H,2-4,8-11H2,1H3. The van der Waals surface area contributed by atoms with Gasteiger partial charge in [0.1, 0.15) is 5.75 Å². The maximum atomic E-state index is 5.49. The van der Waals surface area contributed by atoms with Gasteiger partial charge in [-0.1, -0.05) is 37.5 Å². The van der Waals surface area contributed by atoms with Crippen molar-refractivity contribution in [3.63, 3.8) is 0 Å². The molecule has 116 valence electrons. The van der Waals surface area contributed by atoms with Crippen molar-refractivity contribution in [2.75, 3.05) is 7.11 Å². The largest absolute Gasteiger partial charge is 0.497 e. The van der Waals surface area contributed by atoms with E-state index in [-0.39, 0.29) is 0 Å². The van der Waals surface area contributed by atoms with Crippen LogP contribution in [0, 0.1) is 0 Å². The van der Waals surface area contributed by atoms with Gasteiger partial charge in [-0.2, -0.15) is 0 Å². The van der Waals surface area contributed by atoms with Gasteiger partial charge in [-0.15, -0.1) is 0 Å². The normalized spacial score (nSPS) is 22.0. The van der Waals surface area contributed by atoms with Gasteiger partial charge in [0.05, 0.1) is 7.11 Å². The Morgan fingerprint density at radius 1 is 0.955 bits per heavy atom. The van der Waals surface area contributed by atoms with Gasteiger partial charge in [-0.05, 0) is 59.7 Å². The summed E-state index contributed by atoms with van der Waals surface area (Å²) in [4.78, 5) is 0. The lowest BCUT2D eigenvalue weighted by atomic mass is 9.84. The summed E-state index contributed by atoms with van der Waals surface area (Å²) in [6.07, 6.45) is 9.20. The highest BCUT2D eigenvalue weighted by Crippen LogP contribution is 2.33.